The van der Waals surface area contributed by atoms with Crippen molar-refractivity contribution in [3.63, 3.8) is 0 Å². The van der Waals surface area contributed by atoms with Gasteiger partial charge in [-0.15, -0.1) is 4.72 Å². The molecule has 0 aliphatic carbocycles. The number of likely N-dealkylation sites (tertiary alicyclic amines) is 1. The van der Waals surface area contributed by atoms with Gasteiger partial charge in [0, 0.05) is 29.9 Å². The first-order valence-electron chi connectivity index (χ1n) is 9.10. The van der Waals surface area contributed by atoms with Crippen molar-refractivity contribution in [3.05, 3.63) is 0 Å². The lowest BCUT2D eigenvalue weighted by Gasteiger charge is -2.48. The van der Waals surface area contributed by atoms with Crippen LogP contribution in [-0.4, -0.2) is 56.7 Å². The van der Waals surface area contributed by atoms with E-state index >= 15 is 0 Å². The molecule has 6 nitrogen and oxygen atoms in total. The highest BCUT2D eigenvalue weighted by Gasteiger charge is 2.60. The fourth-order valence-corrected chi connectivity index (χ4v) is 5.33. The van der Waals surface area contributed by atoms with Crippen molar-refractivity contribution in [1.29, 1.82) is 0 Å². The van der Waals surface area contributed by atoms with Crippen LogP contribution >= 0.6 is 0 Å². The molecule has 1 spiro atoms. The first-order chi connectivity index (χ1) is 11.3. The summed E-state index contributed by atoms with van der Waals surface area (Å²) in [6.07, 6.45) is 0.527. The van der Waals surface area contributed by atoms with E-state index in [0.717, 1.165) is 12.8 Å². The maximum absolute atomic E-state index is 12.8. The van der Waals surface area contributed by atoms with Crippen LogP contribution < -0.4 is 4.72 Å². The van der Waals surface area contributed by atoms with Gasteiger partial charge in [0.25, 0.3) is 0 Å². The minimum absolute atomic E-state index is 0.000383. The minimum atomic E-state index is -1.19. The van der Waals surface area contributed by atoms with Crippen molar-refractivity contribution in [2.24, 2.45) is 10.8 Å². The zero-order valence-corrected chi connectivity index (χ0v) is 17.4. The predicted octanol–water partition coefficient (Wildman–Crippen LogP) is 3.00. The topological polar surface area (TPSA) is 84.9 Å². The van der Waals surface area contributed by atoms with Crippen LogP contribution in [0.2, 0.25) is 0 Å². The molecule has 2 N–H and O–H groups in total. The van der Waals surface area contributed by atoms with Crippen LogP contribution in [0.3, 0.4) is 0 Å². The van der Waals surface area contributed by atoms with E-state index in [0.29, 0.717) is 13.1 Å². The smallest absolute Gasteiger partial charge is 0.407 e. The van der Waals surface area contributed by atoms with E-state index in [2.05, 4.69) is 25.5 Å². The van der Waals surface area contributed by atoms with E-state index < -0.39 is 17.5 Å². The van der Waals surface area contributed by atoms with Gasteiger partial charge in [0.1, 0.15) is 4.75 Å². The molecule has 2 unspecified atom stereocenters. The van der Waals surface area contributed by atoms with E-state index in [9.17, 15) is 14.5 Å². The van der Waals surface area contributed by atoms with Gasteiger partial charge in [-0.2, -0.15) is 0 Å². The summed E-state index contributed by atoms with van der Waals surface area (Å²) in [6.45, 7) is 15.4. The number of carbonyl (C=O) groups is 1. The van der Waals surface area contributed by atoms with Crippen LogP contribution in [0, 0.1) is 10.8 Å². The number of hydrogen-bond acceptors (Lipinski definition) is 4. The second kappa shape index (κ2) is 6.91. The summed E-state index contributed by atoms with van der Waals surface area (Å²) in [5, 5.41) is 9.30. The average Bonchev–Trinajstić information content (AvgIpc) is 2.72. The molecule has 2 aliphatic heterocycles. The Morgan fingerprint density at radius 2 is 1.76 bits per heavy atom. The Labute approximate surface area is 155 Å². The number of amides is 1. The van der Waals surface area contributed by atoms with E-state index in [1.54, 1.807) is 0 Å². The Balaban J connectivity index is 2.31. The van der Waals surface area contributed by atoms with Gasteiger partial charge in [-0.05, 0) is 46.0 Å². The number of ether oxygens (including phenoxy) is 1. The second-order valence-electron chi connectivity index (χ2n) is 9.57. The fraction of sp³-hybridized carbons (Fsp3) is 0.944. The van der Waals surface area contributed by atoms with Gasteiger partial charge in [-0.1, -0.05) is 20.8 Å². The second-order valence-corrected chi connectivity index (χ2v) is 11.6. The van der Waals surface area contributed by atoms with Crippen molar-refractivity contribution >= 4 is 17.5 Å². The average molecular weight is 375 g/mol. The first-order valence-corrected chi connectivity index (χ1v) is 10.3. The summed E-state index contributed by atoms with van der Waals surface area (Å²) in [7, 11) is 0. The molecule has 0 radical (unpaired) electrons. The van der Waals surface area contributed by atoms with Crippen molar-refractivity contribution < 1.29 is 19.2 Å². The molecule has 1 amide bonds. The highest BCUT2D eigenvalue weighted by molar-refractivity contribution is 7.90. The third-order valence-corrected chi connectivity index (χ3v) is 7.08. The lowest BCUT2D eigenvalue weighted by atomic mass is 9.63. The maximum atomic E-state index is 12.8. The van der Waals surface area contributed by atoms with Crippen LogP contribution in [0.25, 0.3) is 0 Å². The van der Waals surface area contributed by atoms with Crippen LogP contribution in [-0.2, 0) is 16.1 Å². The van der Waals surface area contributed by atoms with Crippen LogP contribution in [0.4, 0.5) is 4.79 Å². The Kier molecular flexibility index (Phi) is 5.75. The number of piperidine rings is 1. The molecule has 25 heavy (non-hydrogen) atoms. The summed E-state index contributed by atoms with van der Waals surface area (Å²) < 4.78 is 22.1. The molecular formula is C18H34N2O4S. The maximum Gasteiger partial charge on any atom is 0.407 e. The van der Waals surface area contributed by atoms with E-state index in [1.165, 1.54) is 4.90 Å². The van der Waals surface area contributed by atoms with Crippen molar-refractivity contribution in [3.8, 4) is 0 Å². The fourth-order valence-electron chi connectivity index (χ4n) is 4.32. The lowest BCUT2D eigenvalue weighted by molar-refractivity contribution is -0.0681. The Morgan fingerprint density at radius 1 is 1.24 bits per heavy atom. The molecule has 0 aromatic carbocycles. The highest BCUT2D eigenvalue weighted by atomic mass is 32.2. The molecule has 2 rings (SSSR count). The molecule has 7 heteroatoms. The number of nitrogens with one attached hydrogen (secondary N) is 1. The lowest BCUT2D eigenvalue weighted by Crippen LogP contribution is -2.59. The zero-order chi connectivity index (χ0) is 19.2. The third-order valence-electron chi connectivity index (χ3n) is 5.50. The van der Waals surface area contributed by atoms with Crippen LogP contribution in [0.5, 0.6) is 0 Å². The van der Waals surface area contributed by atoms with Gasteiger partial charge in [0.05, 0.1) is 18.2 Å². The van der Waals surface area contributed by atoms with Gasteiger partial charge >= 0.3 is 6.09 Å². The molecule has 2 fully saturated rings. The van der Waals surface area contributed by atoms with Crippen LogP contribution in [0.15, 0.2) is 0 Å². The van der Waals surface area contributed by atoms with Crippen molar-refractivity contribution in [2.75, 3.05) is 13.1 Å². The number of rotatable bonds is 2. The third kappa shape index (κ3) is 4.10. The summed E-state index contributed by atoms with van der Waals surface area (Å²) in [4.78, 5) is 12.8. The largest absolute Gasteiger partial charge is 0.598 e. The molecule has 0 saturated carbocycles. The Bertz CT molecular complexity index is 492. The molecule has 2 heterocycles. The minimum Gasteiger partial charge on any atom is -0.598 e. The molecule has 2 saturated heterocycles. The molecule has 0 aromatic rings. The van der Waals surface area contributed by atoms with E-state index in [4.69, 9.17) is 4.74 Å². The van der Waals surface area contributed by atoms with Gasteiger partial charge in [0.15, 0.2) is 0 Å². The van der Waals surface area contributed by atoms with E-state index in [-0.39, 0.29) is 33.8 Å². The monoisotopic (exact) mass is 374 g/mol. The van der Waals surface area contributed by atoms with Crippen molar-refractivity contribution in [2.45, 2.75) is 84.3 Å². The molecule has 0 aromatic heterocycles. The van der Waals surface area contributed by atoms with Crippen molar-refractivity contribution in [1.82, 2.24) is 9.62 Å². The molecule has 2 aliphatic rings. The Hall–Kier alpha value is -0.500. The Morgan fingerprint density at radius 3 is 2.16 bits per heavy atom. The number of nitrogens with zero attached hydrogens (tertiary/aromatic N) is 1. The molecule has 0 bridgehead atoms. The summed E-state index contributed by atoms with van der Waals surface area (Å²) in [5.41, 5.74) is -0.274. The van der Waals surface area contributed by atoms with Gasteiger partial charge in [-0.25, -0.2) is 4.79 Å². The SMILES string of the molecule is C[C@@H]1OC(C(C)(C)C)C2(CCN(C(=O)O)CC2)[C@@H]1N[S+]([O-])C(C)(C)C. The normalized spacial score (nSPS) is 31.4. The first kappa shape index (κ1) is 20.8. The quantitative estimate of drug-likeness (QED) is 0.726. The molecule has 4 atom stereocenters. The molecular weight excluding hydrogens is 340 g/mol. The summed E-state index contributed by atoms with van der Waals surface area (Å²) in [6, 6.07) is -0.0484. The number of hydrogen-bond donors (Lipinski definition) is 2. The summed E-state index contributed by atoms with van der Waals surface area (Å²) >= 11 is -1.19. The standard InChI is InChI=1S/C18H34N2O4S/c1-12-13(19-25(23)17(5,6)7)18(14(24-12)16(2,3)4)8-10-20(11-9-18)15(21)22/h12-14,19H,8-11H2,1-7H3,(H,21,22)/t12-,13+,14?,25?/m0/s1. The highest BCUT2D eigenvalue weighted by Crippen LogP contribution is 2.52. The summed E-state index contributed by atoms with van der Waals surface area (Å²) in [5.74, 6) is 0. The number of carboxylic acid groups (broad SMARTS) is 1. The van der Waals surface area contributed by atoms with Gasteiger partial charge in [0.2, 0.25) is 0 Å². The zero-order valence-electron chi connectivity index (χ0n) is 16.6. The van der Waals surface area contributed by atoms with E-state index in [1.807, 2.05) is 27.7 Å². The van der Waals surface area contributed by atoms with Gasteiger partial charge in [-0.3, -0.25) is 0 Å². The predicted molar refractivity (Wildman–Crippen MR) is 99.9 cm³/mol. The van der Waals surface area contributed by atoms with Crippen LogP contribution in [0.1, 0.15) is 61.3 Å². The molecule has 146 valence electrons. The van der Waals surface area contributed by atoms with Gasteiger partial charge < -0.3 is 19.3 Å².